The Kier molecular flexibility index (Phi) is 8.56. The standard InChI is InChI=1S/C29H32F7N3O3/c1-16-11-21(30)5-6-22(16)24-15-27(8-7-23(37-27)25(40)42-4)9-10-39(24)26(41)38(3)17(2)18-12-19(28(31,32)33)14-20(13-18)29(34,35)36/h5-6,11-14,17,23-24,37H,7-10,15H2,1-4H3/t17-,23?,24?,27-/m1/s1. The molecule has 13 heteroatoms. The van der Waals surface area contributed by atoms with E-state index in [4.69, 9.17) is 4.74 Å². The lowest BCUT2D eigenvalue weighted by atomic mass is 9.79. The molecule has 6 nitrogen and oxygen atoms in total. The van der Waals surface area contributed by atoms with Gasteiger partial charge in [-0.1, -0.05) is 6.07 Å². The number of methoxy groups -OCH3 is 1. The molecule has 4 atom stereocenters. The van der Waals surface area contributed by atoms with Crippen molar-refractivity contribution in [2.45, 2.75) is 75.5 Å². The molecule has 2 unspecified atom stereocenters. The number of halogens is 7. The van der Waals surface area contributed by atoms with Crippen molar-refractivity contribution in [1.29, 1.82) is 0 Å². The summed E-state index contributed by atoms with van der Waals surface area (Å²) in [4.78, 5) is 28.7. The first kappa shape index (κ1) is 31.6. The molecular formula is C29H32F7N3O3. The third-order valence-corrected chi connectivity index (χ3v) is 8.48. The zero-order valence-electron chi connectivity index (χ0n) is 23.5. The van der Waals surface area contributed by atoms with Crippen LogP contribution >= 0.6 is 0 Å². The first-order valence-electron chi connectivity index (χ1n) is 13.4. The Bertz CT molecular complexity index is 1310. The second kappa shape index (κ2) is 11.4. The zero-order valence-corrected chi connectivity index (χ0v) is 23.5. The highest BCUT2D eigenvalue weighted by atomic mass is 19.4. The van der Waals surface area contributed by atoms with E-state index in [0.717, 1.165) is 4.90 Å². The lowest BCUT2D eigenvalue weighted by Gasteiger charge is -2.47. The minimum absolute atomic E-state index is 0.0473. The van der Waals surface area contributed by atoms with Crippen LogP contribution in [0.4, 0.5) is 35.5 Å². The molecule has 0 radical (unpaired) electrons. The Morgan fingerprint density at radius 3 is 2.21 bits per heavy atom. The maximum atomic E-state index is 14.0. The molecule has 2 aromatic carbocycles. The van der Waals surface area contributed by atoms with Gasteiger partial charge in [0.05, 0.1) is 30.3 Å². The van der Waals surface area contributed by atoms with E-state index in [1.807, 2.05) is 0 Å². The molecule has 2 aliphatic rings. The number of hydrogen-bond acceptors (Lipinski definition) is 4. The van der Waals surface area contributed by atoms with Gasteiger partial charge in [-0.25, -0.2) is 9.18 Å². The van der Waals surface area contributed by atoms with Gasteiger partial charge in [-0.05, 0) is 86.6 Å². The van der Waals surface area contributed by atoms with E-state index in [9.17, 15) is 40.3 Å². The number of hydrogen-bond donors (Lipinski definition) is 1. The minimum Gasteiger partial charge on any atom is -0.468 e. The predicted molar refractivity (Wildman–Crippen MR) is 139 cm³/mol. The van der Waals surface area contributed by atoms with E-state index in [0.29, 0.717) is 48.9 Å². The highest BCUT2D eigenvalue weighted by Crippen LogP contribution is 2.44. The summed E-state index contributed by atoms with van der Waals surface area (Å²) < 4.78 is 99.8. The molecule has 2 aromatic rings. The van der Waals surface area contributed by atoms with Gasteiger partial charge in [-0.3, -0.25) is 10.1 Å². The number of carbonyl (C=O) groups is 2. The second-order valence-electron chi connectivity index (χ2n) is 11.1. The van der Waals surface area contributed by atoms with Crippen LogP contribution in [0.15, 0.2) is 36.4 Å². The maximum Gasteiger partial charge on any atom is 0.416 e. The molecule has 1 spiro atoms. The molecular weight excluding hydrogens is 571 g/mol. The molecule has 0 bridgehead atoms. The van der Waals surface area contributed by atoms with Gasteiger partial charge in [0, 0.05) is 19.1 Å². The Labute approximate surface area is 238 Å². The van der Waals surface area contributed by atoms with Crippen molar-refractivity contribution in [3.05, 3.63) is 70.0 Å². The molecule has 0 aliphatic carbocycles. The van der Waals surface area contributed by atoms with Crippen molar-refractivity contribution in [3.8, 4) is 0 Å². The summed E-state index contributed by atoms with van der Waals surface area (Å²) in [5, 5.41) is 3.35. The van der Waals surface area contributed by atoms with Gasteiger partial charge in [-0.2, -0.15) is 26.3 Å². The quantitative estimate of drug-likeness (QED) is 0.309. The number of nitrogens with one attached hydrogen (secondary N) is 1. The van der Waals surface area contributed by atoms with Crippen LogP contribution < -0.4 is 5.32 Å². The molecule has 230 valence electrons. The van der Waals surface area contributed by atoms with E-state index >= 15 is 0 Å². The fourth-order valence-electron chi connectivity index (χ4n) is 6.02. The summed E-state index contributed by atoms with van der Waals surface area (Å²) in [7, 11) is 2.61. The van der Waals surface area contributed by atoms with Crippen LogP contribution in [0.1, 0.15) is 72.5 Å². The maximum absolute atomic E-state index is 14.0. The van der Waals surface area contributed by atoms with Crippen molar-refractivity contribution >= 4 is 12.0 Å². The molecule has 2 aliphatic heterocycles. The van der Waals surface area contributed by atoms with Crippen molar-refractivity contribution in [3.63, 3.8) is 0 Å². The number of amides is 2. The number of carbonyl (C=O) groups excluding carboxylic acids is 2. The fourth-order valence-corrected chi connectivity index (χ4v) is 6.02. The number of piperidine rings is 1. The first-order chi connectivity index (χ1) is 19.5. The average molecular weight is 604 g/mol. The number of likely N-dealkylation sites (tertiary alicyclic amines) is 1. The second-order valence-corrected chi connectivity index (χ2v) is 11.1. The van der Waals surface area contributed by atoms with Gasteiger partial charge in [-0.15, -0.1) is 0 Å². The SMILES string of the molecule is COC(=O)C1CC[C@]2(CCN(C(=O)N(C)[C@H](C)c3cc(C(F)(F)F)cc(C(F)(F)F)c3)C(c3ccc(F)cc3C)C2)N1. The highest BCUT2D eigenvalue weighted by Gasteiger charge is 2.48. The Morgan fingerprint density at radius 2 is 1.67 bits per heavy atom. The molecule has 0 aromatic heterocycles. The smallest absolute Gasteiger partial charge is 0.416 e. The molecule has 1 N–H and O–H groups in total. The Morgan fingerprint density at radius 1 is 1.05 bits per heavy atom. The van der Waals surface area contributed by atoms with E-state index in [1.165, 1.54) is 38.1 Å². The number of esters is 1. The van der Waals surface area contributed by atoms with Gasteiger partial charge < -0.3 is 14.5 Å². The summed E-state index contributed by atoms with van der Waals surface area (Å²) in [6.45, 7) is 3.22. The van der Waals surface area contributed by atoms with Crippen LogP contribution in [0.5, 0.6) is 0 Å². The largest absolute Gasteiger partial charge is 0.468 e. The van der Waals surface area contributed by atoms with Gasteiger partial charge in [0.1, 0.15) is 11.9 Å². The van der Waals surface area contributed by atoms with Crippen LogP contribution in [-0.4, -0.2) is 54.1 Å². The molecule has 4 rings (SSSR count). The summed E-state index contributed by atoms with van der Waals surface area (Å²) in [5.74, 6) is -0.882. The van der Waals surface area contributed by atoms with Gasteiger partial charge in [0.2, 0.25) is 0 Å². The van der Waals surface area contributed by atoms with Crippen molar-refractivity contribution in [2.75, 3.05) is 20.7 Å². The third-order valence-electron chi connectivity index (χ3n) is 8.48. The van der Waals surface area contributed by atoms with E-state index < -0.39 is 65.0 Å². The van der Waals surface area contributed by atoms with E-state index in [1.54, 1.807) is 13.0 Å². The number of urea groups is 1. The fraction of sp³-hybridized carbons (Fsp3) is 0.517. The molecule has 2 saturated heterocycles. The van der Waals surface area contributed by atoms with E-state index in [-0.39, 0.29) is 18.2 Å². The van der Waals surface area contributed by atoms with Crippen LogP contribution in [-0.2, 0) is 21.9 Å². The van der Waals surface area contributed by atoms with Gasteiger partial charge >= 0.3 is 24.4 Å². The highest BCUT2D eigenvalue weighted by molar-refractivity contribution is 5.77. The topological polar surface area (TPSA) is 61.9 Å². The number of ether oxygens (including phenoxy) is 1. The molecule has 2 fully saturated rings. The Balaban J connectivity index is 1.67. The molecule has 0 saturated carbocycles. The zero-order chi connectivity index (χ0) is 31.2. The van der Waals surface area contributed by atoms with Gasteiger partial charge in [0.15, 0.2) is 0 Å². The number of nitrogens with zero attached hydrogens (tertiary/aromatic N) is 2. The van der Waals surface area contributed by atoms with Crippen LogP contribution in [0.3, 0.4) is 0 Å². The monoisotopic (exact) mass is 603 g/mol. The number of aryl methyl sites for hydroxylation is 1. The number of alkyl halides is 6. The predicted octanol–water partition coefficient (Wildman–Crippen LogP) is 6.79. The van der Waals surface area contributed by atoms with Crippen molar-refractivity contribution in [1.82, 2.24) is 15.1 Å². The summed E-state index contributed by atoms with van der Waals surface area (Å²) in [5.41, 5.74) is -2.57. The van der Waals surface area contributed by atoms with Crippen LogP contribution in [0, 0.1) is 12.7 Å². The number of benzene rings is 2. The minimum atomic E-state index is -5.03. The normalized spacial score (nSPS) is 23.6. The van der Waals surface area contributed by atoms with Crippen LogP contribution in [0.25, 0.3) is 0 Å². The molecule has 2 heterocycles. The van der Waals surface area contributed by atoms with Crippen molar-refractivity contribution < 1.29 is 45.1 Å². The molecule has 42 heavy (non-hydrogen) atoms. The third kappa shape index (κ3) is 6.35. The van der Waals surface area contributed by atoms with Gasteiger partial charge in [0.25, 0.3) is 0 Å². The number of rotatable bonds is 4. The average Bonchev–Trinajstić information content (AvgIpc) is 3.33. The Hall–Kier alpha value is -3.35. The molecule has 2 amide bonds. The summed E-state index contributed by atoms with van der Waals surface area (Å²) in [6, 6.07) is 2.53. The van der Waals surface area contributed by atoms with E-state index in [2.05, 4.69) is 5.32 Å². The summed E-state index contributed by atoms with van der Waals surface area (Å²) in [6.07, 6.45) is -8.14. The summed E-state index contributed by atoms with van der Waals surface area (Å²) >= 11 is 0. The first-order valence-corrected chi connectivity index (χ1v) is 13.4. The lowest BCUT2D eigenvalue weighted by Crippen LogP contribution is -2.56. The lowest BCUT2D eigenvalue weighted by molar-refractivity contribution is -0.144. The van der Waals surface area contributed by atoms with Crippen LogP contribution in [0.2, 0.25) is 0 Å². The van der Waals surface area contributed by atoms with Crippen molar-refractivity contribution in [2.24, 2.45) is 0 Å².